The van der Waals surface area contributed by atoms with Crippen molar-refractivity contribution in [1.29, 1.82) is 0 Å². The Balaban J connectivity index is 1.42. The molecule has 26 heavy (non-hydrogen) atoms. The second-order valence-corrected chi connectivity index (χ2v) is 7.25. The van der Waals surface area contributed by atoms with E-state index in [1.807, 2.05) is 43.3 Å². The zero-order valence-electron chi connectivity index (χ0n) is 15.6. The Kier molecular flexibility index (Phi) is 6.13. The largest absolute Gasteiger partial charge is 0.497 e. The summed E-state index contributed by atoms with van der Waals surface area (Å²) < 4.78 is 16.9. The van der Waals surface area contributed by atoms with E-state index in [9.17, 15) is 9.90 Å². The molecular weight excluding hydrogens is 336 g/mol. The Bertz CT molecular complexity index is 606. The van der Waals surface area contributed by atoms with E-state index in [-0.39, 0.29) is 36.7 Å². The fourth-order valence-electron chi connectivity index (χ4n) is 3.57. The SMILES string of the molecule is COc1ccc(CNC(=O)CC2CC3OC(CN(C)C)C(O)C3O2)cc1. The molecule has 3 rings (SSSR count). The van der Waals surface area contributed by atoms with Gasteiger partial charge in [0, 0.05) is 19.5 Å². The highest BCUT2D eigenvalue weighted by Crippen LogP contribution is 2.35. The summed E-state index contributed by atoms with van der Waals surface area (Å²) in [6.45, 7) is 1.12. The predicted octanol–water partition coefficient (Wildman–Crippen LogP) is 0.549. The van der Waals surface area contributed by atoms with Crippen LogP contribution in [0, 0.1) is 0 Å². The molecular formula is C19H28N2O5. The normalized spacial score (nSPS) is 30.4. The van der Waals surface area contributed by atoms with Crippen molar-refractivity contribution >= 4 is 5.91 Å². The molecule has 0 radical (unpaired) electrons. The molecule has 2 aliphatic rings. The number of aliphatic hydroxyl groups excluding tert-OH is 1. The lowest BCUT2D eigenvalue weighted by molar-refractivity contribution is -0.125. The van der Waals surface area contributed by atoms with Crippen molar-refractivity contribution in [3.05, 3.63) is 29.8 Å². The molecule has 0 aromatic heterocycles. The first-order valence-corrected chi connectivity index (χ1v) is 8.99. The van der Waals surface area contributed by atoms with Crippen molar-refractivity contribution in [3.8, 4) is 5.75 Å². The molecule has 2 fully saturated rings. The number of likely N-dealkylation sites (N-methyl/N-ethyl adjacent to an activating group) is 1. The molecule has 1 amide bonds. The Morgan fingerprint density at radius 2 is 2.04 bits per heavy atom. The molecule has 7 nitrogen and oxygen atoms in total. The van der Waals surface area contributed by atoms with Crippen LogP contribution in [-0.2, 0) is 20.8 Å². The van der Waals surface area contributed by atoms with Crippen LogP contribution < -0.4 is 10.1 Å². The van der Waals surface area contributed by atoms with Gasteiger partial charge in [-0.05, 0) is 31.8 Å². The minimum absolute atomic E-state index is 0.0647. The van der Waals surface area contributed by atoms with Gasteiger partial charge in [-0.2, -0.15) is 0 Å². The summed E-state index contributed by atoms with van der Waals surface area (Å²) in [5.41, 5.74) is 1.01. The molecule has 0 aliphatic carbocycles. The summed E-state index contributed by atoms with van der Waals surface area (Å²) in [6, 6.07) is 7.58. The van der Waals surface area contributed by atoms with Crippen molar-refractivity contribution in [2.75, 3.05) is 27.7 Å². The van der Waals surface area contributed by atoms with Crippen LogP contribution >= 0.6 is 0 Å². The molecule has 0 bridgehead atoms. The molecule has 1 aromatic rings. The number of amides is 1. The average molecular weight is 364 g/mol. The monoisotopic (exact) mass is 364 g/mol. The zero-order chi connectivity index (χ0) is 18.7. The third kappa shape index (κ3) is 4.54. The van der Waals surface area contributed by atoms with Gasteiger partial charge in [0.2, 0.25) is 5.91 Å². The van der Waals surface area contributed by atoms with E-state index in [1.165, 1.54) is 0 Å². The average Bonchev–Trinajstić information content (AvgIpc) is 3.12. The third-order valence-corrected chi connectivity index (χ3v) is 4.89. The van der Waals surface area contributed by atoms with Gasteiger partial charge in [-0.1, -0.05) is 12.1 Å². The minimum Gasteiger partial charge on any atom is -0.497 e. The van der Waals surface area contributed by atoms with E-state index < -0.39 is 6.10 Å². The molecule has 1 aromatic carbocycles. The highest BCUT2D eigenvalue weighted by molar-refractivity contribution is 5.76. The van der Waals surface area contributed by atoms with Crippen LogP contribution in [0.1, 0.15) is 18.4 Å². The summed E-state index contributed by atoms with van der Waals surface area (Å²) in [6.07, 6.45) is -0.636. The standard InChI is InChI=1S/C19H28N2O5/c1-21(2)11-16-18(23)19-15(26-16)8-14(25-19)9-17(22)20-10-12-4-6-13(24-3)7-5-12/h4-7,14-16,18-19,23H,8-11H2,1-3H3,(H,20,22). The van der Waals surface area contributed by atoms with Crippen molar-refractivity contribution in [2.45, 2.75) is 49.9 Å². The van der Waals surface area contributed by atoms with E-state index in [0.717, 1.165) is 11.3 Å². The molecule has 2 saturated heterocycles. The molecule has 0 spiro atoms. The molecule has 2 aliphatic heterocycles. The van der Waals surface area contributed by atoms with Crippen LogP contribution in [0.25, 0.3) is 0 Å². The lowest BCUT2D eigenvalue weighted by Gasteiger charge is -2.22. The second-order valence-electron chi connectivity index (χ2n) is 7.25. The first kappa shape index (κ1) is 19.1. The molecule has 144 valence electrons. The van der Waals surface area contributed by atoms with E-state index in [1.54, 1.807) is 7.11 Å². The van der Waals surface area contributed by atoms with Crippen molar-refractivity contribution < 1.29 is 24.1 Å². The molecule has 2 N–H and O–H groups in total. The highest BCUT2D eigenvalue weighted by atomic mass is 16.6. The van der Waals surface area contributed by atoms with Gasteiger partial charge in [0.25, 0.3) is 0 Å². The number of carbonyl (C=O) groups excluding carboxylic acids is 1. The molecule has 2 heterocycles. The summed E-state index contributed by atoms with van der Waals surface area (Å²) in [7, 11) is 5.51. The van der Waals surface area contributed by atoms with Gasteiger partial charge in [0.1, 0.15) is 18.0 Å². The Hall–Kier alpha value is -1.67. The summed E-state index contributed by atoms with van der Waals surface area (Å²) in [5, 5.41) is 13.3. The van der Waals surface area contributed by atoms with Crippen LogP contribution in [0.4, 0.5) is 0 Å². The number of hydrogen-bond donors (Lipinski definition) is 2. The quantitative estimate of drug-likeness (QED) is 0.736. The lowest BCUT2D eigenvalue weighted by atomic mass is 10.1. The number of carbonyl (C=O) groups is 1. The number of nitrogens with zero attached hydrogens (tertiary/aromatic N) is 1. The number of fused-ring (bicyclic) bond motifs is 1. The van der Waals surface area contributed by atoms with Crippen LogP contribution in [-0.4, -0.2) is 74.2 Å². The maximum Gasteiger partial charge on any atom is 0.222 e. The molecule has 5 unspecified atom stereocenters. The molecule has 5 atom stereocenters. The van der Waals surface area contributed by atoms with Crippen LogP contribution in [0.15, 0.2) is 24.3 Å². The summed E-state index contributed by atoms with van der Waals surface area (Å²) in [4.78, 5) is 14.2. The van der Waals surface area contributed by atoms with Crippen molar-refractivity contribution in [2.24, 2.45) is 0 Å². The predicted molar refractivity (Wildman–Crippen MR) is 96.0 cm³/mol. The van der Waals surface area contributed by atoms with Gasteiger partial charge in [0.15, 0.2) is 0 Å². The first-order valence-electron chi connectivity index (χ1n) is 8.99. The first-order chi connectivity index (χ1) is 12.5. The van der Waals surface area contributed by atoms with Crippen molar-refractivity contribution in [3.63, 3.8) is 0 Å². The number of ether oxygens (including phenoxy) is 3. The fraction of sp³-hybridized carbons (Fsp3) is 0.632. The van der Waals surface area contributed by atoms with Crippen molar-refractivity contribution in [1.82, 2.24) is 10.2 Å². The number of rotatable bonds is 7. The topological polar surface area (TPSA) is 80.3 Å². The van der Waals surface area contributed by atoms with Gasteiger partial charge in [-0.15, -0.1) is 0 Å². The van der Waals surface area contributed by atoms with Crippen LogP contribution in [0.5, 0.6) is 5.75 Å². The van der Waals surface area contributed by atoms with Gasteiger partial charge < -0.3 is 29.5 Å². The van der Waals surface area contributed by atoms with Gasteiger partial charge in [-0.3, -0.25) is 4.79 Å². The maximum atomic E-state index is 12.2. The van der Waals surface area contributed by atoms with E-state index in [2.05, 4.69) is 5.32 Å². The highest BCUT2D eigenvalue weighted by Gasteiger charge is 2.50. The smallest absolute Gasteiger partial charge is 0.222 e. The third-order valence-electron chi connectivity index (χ3n) is 4.89. The second kappa shape index (κ2) is 8.35. The Morgan fingerprint density at radius 3 is 2.65 bits per heavy atom. The number of hydrogen-bond acceptors (Lipinski definition) is 6. The number of aliphatic hydroxyl groups is 1. The lowest BCUT2D eigenvalue weighted by Crippen LogP contribution is -2.38. The molecule has 0 saturated carbocycles. The Morgan fingerprint density at radius 1 is 1.31 bits per heavy atom. The fourth-order valence-corrected chi connectivity index (χ4v) is 3.57. The van der Waals surface area contributed by atoms with E-state index in [0.29, 0.717) is 19.5 Å². The summed E-state index contributed by atoms with van der Waals surface area (Å²) in [5.74, 6) is 0.724. The maximum absolute atomic E-state index is 12.2. The zero-order valence-corrected chi connectivity index (χ0v) is 15.6. The molecule has 7 heteroatoms. The minimum atomic E-state index is -0.644. The van der Waals surface area contributed by atoms with Crippen LogP contribution in [0.2, 0.25) is 0 Å². The summed E-state index contributed by atoms with van der Waals surface area (Å²) >= 11 is 0. The van der Waals surface area contributed by atoms with Gasteiger partial charge in [-0.25, -0.2) is 0 Å². The van der Waals surface area contributed by atoms with E-state index >= 15 is 0 Å². The van der Waals surface area contributed by atoms with E-state index in [4.69, 9.17) is 14.2 Å². The number of benzene rings is 1. The van der Waals surface area contributed by atoms with Gasteiger partial charge in [0.05, 0.1) is 31.8 Å². The van der Waals surface area contributed by atoms with Gasteiger partial charge >= 0.3 is 0 Å². The number of nitrogens with one attached hydrogen (secondary N) is 1. The Labute approximate surface area is 154 Å². The number of methoxy groups -OCH3 is 1. The van der Waals surface area contributed by atoms with Crippen LogP contribution in [0.3, 0.4) is 0 Å².